The Hall–Kier alpha value is -2.13. The fraction of sp³-hybridized carbons (Fsp3) is 0.235. The summed E-state index contributed by atoms with van der Waals surface area (Å²) < 4.78 is 0. The second kappa shape index (κ2) is 5.88. The number of anilines is 1. The summed E-state index contributed by atoms with van der Waals surface area (Å²) in [4.78, 5) is 14.3. The quantitative estimate of drug-likeness (QED) is 0.930. The number of nitrogens with two attached hydrogens (primary N) is 1. The number of amides is 1. The molecule has 20 heavy (non-hydrogen) atoms. The molecule has 0 heterocycles. The zero-order valence-corrected chi connectivity index (χ0v) is 12.2. The summed E-state index contributed by atoms with van der Waals surface area (Å²) in [5.74, 6) is -0.0194. The first kappa shape index (κ1) is 14.3. The fourth-order valence-corrected chi connectivity index (χ4v) is 2.22. The van der Waals surface area contributed by atoms with Crippen molar-refractivity contribution in [2.75, 3.05) is 11.9 Å². The minimum atomic E-state index is -0.0194. The van der Waals surface area contributed by atoms with Crippen LogP contribution in [0.2, 0.25) is 0 Å². The number of rotatable bonds is 3. The maximum absolute atomic E-state index is 12.6. The molecule has 0 aliphatic heterocycles. The van der Waals surface area contributed by atoms with Crippen LogP contribution in [-0.2, 0) is 6.54 Å². The number of nitrogens with zero attached hydrogens (tertiary/aromatic N) is 1. The van der Waals surface area contributed by atoms with Crippen molar-refractivity contribution >= 4 is 11.6 Å². The zero-order chi connectivity index (χ0) is 14.7. The number of carbonyl (C=O) groups excluding carboxylic acids is 1. The first-order valence-electron chi connectivity index (χ1n) is 6.67. The Kier molecular flexibility index (Phi) is 4.20. The molecule has 0 aliphatic carbocycles. The maximum atomic E-state index is 12.6. The molecule has 0 aliphatic rings. The second-order valence-corrected chi connectivity index (χ2v) is 5.06. The third-order valence-corrected chi connectivity index (χ3v) is 3.44. The van der Waals surface area contributed by atoms with Crippen LogP contribution in [0.1, 0.15) is 27.0 Å². The van der Waals surface area contributed by atoms with E-state index < -0.39 is 0 Å². The molecule has 2 aromatic carbocycles. The van der Waals surface area contributed by atoms with Crippen LogP contribution in [0.5, 0.6) is 0 Å². The lowest BCUT2D eigenvalue weighted by atomic mass is 10.1. The van der Waals surface area contributed by atoms with Gasteiger partial charge in [0.2, 0.25) is 0 Å². The van der Waals surface area contributed by atoms with Crippen molar-refractivity contribution in [1.29, 1.82) is 0 Å². The Morgan fingerprint density at radius 3 is 2.60 bits per heavy atom. The molecule has 0 unspecified atom stereocenters. The lowest BCUT2D eigenvalue weighted by molar-refractivity contribution is 0.0993. The van der Waals surface area contributed by atoms with Gasteiger partial charge in [-0.25, -0.2) is 0 Å². The molecule has 0 bridgehead atoms. The molecule has 2 aromatic rings. The van der Waals surface area contributed by atoms with Gasteiger partial charge in [-0.15, -0.1) is 0 Å². The molecule has 2 N–H and O–H groups in total. The lowest BCUT2D eigenvalue weighted by Crippen LogP contribution is -2.27. The summed E-state index contributed by atoms with van der Waals surface area (Å²) in [7, 11) is 1.80. The van der Waals surface area contributed by atoms with Crippen molar-refractivity contribution < 1.29 is 4.79 Å². The number of hydrogen-bond donors (Lipinski definition) is 1. The summed E-state index contributed by atoms with van der Waals surface area (Å²) in [6.45, 7) is 4.47. The molecule has 104 valence electrons. The smallest absolute Gasteiger partial charge is 0.258 e. The first-order valence-corrected chi connectivity index (χ1v) is 6.67. The van der Waals surface area contributed by atoms with E-state index in [9.17, 15) is 4.79 Å². The number of benzene rings is 2. The first-order chi connectivity index (χ1) is 9.52. The van der Waals surface area contributed by atoms with Gasteiger partial charge in [-0.3, -0.25) is 4.79 Å². The predicted molar refractivity (Wildman–Crippen MR) is 83.0 cm³/mol. The molecule has 3 nitrogen and oxygen atoms in total. The largest absolute Gasteiger partial charge is 0.326 e. The highest BCUT2D eigenvalue weighted by Crippen LogP contribution is 2.22. The lowest BCUT2D eigenvalue weighted by Gasteiger charge is -2.20. The van der Waals surface area contributed by atoms with Crippen molar-refractivity contribution in [3.8, 4) is 0 Å². The van der Waals surface area contributed by atoms with E-state index in [2.05, 4.69) is 0 Å². The van der Waals surface area contributed by atoms with E-state index in [4.69, 9.17) is 5.73 Å². The van der Waals surface area contributed by atoms with Gasteiger partial charge in [0.25, 0.3) is 5.91 Å². The van der Waals surface area contributed by atoms with Gasteiger partial charge in [0, 0.05) is 24.8 Å². The Morgan fingerprint density at radius 1 is 1.15 bits per heavy atom. The van der Waals surface area contributed by atoms with Crippen LogP contribution in [0.4, 0.5) is 5.69 Å². The van der Waals surface area contributed by atoms with Crippen LogP contribution in [0.3, 0.4) is 0 Å². The molecule has 0 saturated heterocycles. The highest BCUT2D eigenvalue weighted by Gasteiger charge is 2.15. The topological polar surface area (TPSA) is 46.3 Å². The summed E-state index contributed by atoms with van der Waals surface area (Å²) >= 11 is 0. The minimum absolute atomic E-state index is 0.0194. The molecular weight excluding hydrogens is 248 g/mol. The Balaban J connectivity index is 2.34. The standard InChI is InChI=1S/C17H20N2O/c1-12-7-8-13(2)16(9-12)19(3)17(20)15-6-4-5-14(10-15)11-18/h4-10H,11,18H2,1-3H3. The van der Waals surface area contributed by atoms with Crippen molar-refractivity contribution in [2.45, 2.75) is 20.4 Å². The number of hydrogen-bond acceptors (Lipinski definition) is 2. The van der Waals surface area contributed by atoms with Crippen LogP contribution in [0, 0.1) is 13.8 Å². The molecule has 2 rings (SSSR count). The molecule has 1 amide bonds. The van der Waals surface area contributed by atoms with Crippen LogP contribution in [-0.4, -0.2) is 13.0 Å². The van der Waals surface area contributed by atoms with E-state index in [1.165, 1.54) is 0 Å². The summed E-state index contributed by atoms with van der Waals surface area (Å²) in [6.07, 6.45) is 0. The summed E-state index contributed by atoms with van der Waals surface area (Å²) in [5.41, 5.74) is 10.4. The van der Waals surface area contributed by atoms with Gasteiger partial charge in [-0.1, -0.05) is 24.3 Å². The van der Waals surface area contributed by atoms with Crippen LogP contribution in [0.25, 0.3) is 0 Å². The van der Waals surface area contributed by atoms with Gasteiger partial charge in [0.1, 0.15) is 0 Å². The van der Waals surface area contributed by atoms with E-state index >= 15 is 0 Å². The van der Waals surface area contributed by atoms with E-state index in [0.29, 0.717) is 12.1 Å². The summed E-state index contributed by atoms with van der Waals surface area (Å²) in [6, 6.07) is 13.6. The Bertz CT molecular complexity index is 635. The van der Waals surface area contributed by atoms with Crippen LogP contribution >= 0.6 is 0 Å². The number of carbonyl (C=O) groups is 1. The van der Waals surface area contributed by atoms with Crippen molar-refractivity contribution in [2.24, 2.45) is 5.73 Å². The zero-order valence-electron chi connectivity index (χ0n) is 12.2. The van der Waals surface area contributed by atoms with Gasteiger partial charge in [-0.05, 0) is 48.7 Å². The molecular formula is C17H20N2O. The maximum Gasteiger partial charge on any atom is 0.258 e. The monoisotopic (exact) mass is 268 g/mol. The van der Waals surface area contributed by atoms with Crippen molar-refractivity contribution in [3.63, 3.8) is 0 Å². The third kappa shape index (κ3) is 2.89. The molecule has 0 spiro atoms. The normalized spacial score (nSPS) is 10.4. The van der Waals surface area contributed by atoms with Crippen LogP contribution < -0.4 is 10.6 Å². The highest BCUT2D eigenvalue weighted by molar-refractivity contribution is 6.06. The predicted octanol–water partition coefficient (Wildman–Crippen LogP) is 3.04. The van der Waals surface area contributed by atoms with Gasteiger partial charge >= 0.3 is 0 Å². The second-order valence-electron chi connectivity index (χ2n) is 5.06. The van der Waals surface area contributed by atoms with E-state index in [0.717, 1.165) is 22.4 Å². The Morgan fingerprint density at radius 2 is 1.90 bits per heavy atom. The number of aryl methyl sites for hydroxylation is 2. The average Bonchev–Trinajstić information content (AvgIpc) is 2.48. The van der Waals surface area contributed by atoms with Crippen molar-refractivity contribution in [3.05, 3.63) is 64.7 Å². The minimum Gasteiger partial charge on any atom is -0.326 e. The van der Waals surface area contributed by atoms with Crippen molar-refractivity contribution in [1.82, 2.24) is 0 Å². The van der Waals surface area contributed by atoms with Crippen LogP contribution in [0.15, 0.2) is 42.5 Å². The third-order valence-electron chi connectivity index (χ3n) is 3.44. The van der Waals surface area contributed by atoms with Gasteiger partial charge < -0.3 is 10.6 Å². The summed E-state index contributed by atoms with van der Waals surface area (Å²) in [5, 5.41) is 0. The molecule has 3 heteroatoms. The van der Waals surface area contributed by atoms with Gasteiger partial charge in [-0.2, -0.15) is 0 Å². The highest BCUT2D eigenvalue weighted by atomic mass is 16.2. The van der Waals surface area contributed by atoms with Gasteiger partial charge in [0.15, 0.2) is 0 Å². The average molecular weight is 268 g/mol. The van der Waals surface area contributed by atoms with Gasteiger partial charge in [0.05, 0.1) is 0 Å². The Labute approximate surface area is 120 Å². The molecule has 0 fully saturated rings. The molecule has 0 saturated carbocycles. The molecule has 0 atom stereocenters. The fourth-order valence-electron chi connectivity index (χ4n) is 2.22. The SMILES string of the molecule is Cc1ccc(C)c(N(C)C(=O)c2cccc(CN)c2)c1. The molecule has 0 radical (unpaired) electrons. The van der Waals surface area contributed by atoms with E-state index in [1.54, 1.807) is 11.9 Å². The van der Waals surface area contributed by atoms with E-state index in [-0.39, 0.29) is 5.91 Å². The van der Waals surface area contributed by atoms with E-state index in [1.807, 2.05) is 56.3 Å². The molecule has 0 aromatic heterocycles.